The van der Waals surface area contributed by atoms with Gasteiger partial charge < -0.3 is 20.8 Å². The number of methoxy groups -OCH3 is 1. The minimum Gasteiger partial charge on any atom is -0.497 e. The van der Waals surface area contributed by atoms with Gasteiger partial charge in [-0.25, -0.2) is 9.97 Å². The van der Waals surface area contributed by atoms with E-state index in [-0.39, 0.29) is 0 Å². The van der Waals surface area contributed by atoms with Crippen molar-refractivity contribution in [2.24, 2.45) is 5.73 Å². The van der Waals surface area contributed by atoms with E-state index in [1.165, 1.54) is 0 Å². The van der Waals surface area contributed by atoms with Crippen molar-refractivity contribution in [1.29, 1.82) is 0 Å². The third-order valence-electron chi connectivity index (χ3n) is 5.04. The van der Waals surface area contributed by atoms with Crippen LogP contribution in [0.15, 0.2) is 48.9 Å². The van der Waals surface area contributed by atoms with Gasteiger partial charge in [-0.1, -0.05) is 13.8 Å². The molecule has 5 rings (SSSR count). The van der Waals surface area contributed by atoms with Gasteiger partial charge in [0.15, 0.2) is 11.5 Å². The normalized spacial score (nSPS) is 10.9. The summed E-state index contributed by atoms with van der Waals surface area (Å²) in [6.45, 7) is 6.44. The number of aromatic nitrogens is 6. The van der Waals surface area contributed by atoms with E-state index < -0.39 is 0 Å². The number of fused-ring (bicyclic) bond motifs is 2. The minimum atomic E-state index is 0.642. The Morgan fingerprint density at radius 3 is 2.67 bits per heavy atom. The highest BCUT2D eigenvalue weighted by molar-refractivity contribution is 5.93. The first kappa shape index (κ1) is 22.4. The van der Waals surface area contributed by atoms with Crippen LogP contribution in [0.2, 0.25) is 0 Å². The first-order chi connectivity index (χ1) is 16.2. The fraction of sp³-hybridized carbons (Fsp3) is 0.250. The molecule has 1 aromatic carbocycles. The molecule has 0 aliphatic heterocycles. The van der Waals surface area contributed by atoms with E-state index >= 15 is 0 Å². The molecular formula is C24H28N8O. The second-order valence-corrected chi connectivity index (χ2v) is 7.43. The molecule has 0 unspecified atom stereocenters. The molecule has 0 atom stereocenters. The molecule has 0 radical (unpaired) electrons. The molecule has 5 aromatic rings. The van der Waals surface area contributed by atoms with Gasteiger partial charge in [0.2, 0.25) is 0 Å². The maximum absolute atomic E-state index is 5.30. The van der Waals surface area contributed by atoms with Crippen LogP contribution in [-0.4, -0.2) is 50.3 Å². The fourth-order valence-corrected chi connectivity index (χ4v) is 3.48. The topological polar surface area (TPSA) is 130 Å². The van der Waals surface area contributed by atoms with Crippen LogP contribution in [0.3, 0.4) is 0 Å². The molecule has 33 heavy (non-hydrogen) atoms. The van der Waals surface area contributed by atoms with Gasteiger partial charge in [-0.3, -0.25) is 10.1 Å². The molecule has 9 heteroatoms. The molecule has 0 saturated heterocycles. The highest BCUT2D eigenvalue weighted by Gasteiger charge is 2.14. The molecule has 0 bridgehead atoms. The smallest absolute Gasteiger partial charge is 0.181 e. The molecule has 4 aromatic heterocycles. The van der Waals surface area contributed by atoms with E-state index in [0.29, 0.717) is 11.5 Å². The van der Waals surface area contributed by atoms with E-state index in [1.54, 1.807) is 7.11 Å². The zero-order chi connectivity index (χ0) is 23.2. The Hall–Kier alpha value is -3.82. The molecule has 170 valence electrons. The molecule has 5 N–H and O–H groups in total. The van der Waals surface area contributed by atoms with Gasteiger partial charge in [-0.15, -0.1) is 0 Å². The van der Waals surface area contributed by atoms with Gasteiger partial charge in [0.05, 0.1) is 23.5 Å². The summed E-state index contributed by atoms with van der Waals surface area (Å²) in [5.74, 6) is 1.49. The van der Waals surface area contributed by atoms with Crippen molar-refractivity contribution in [3.05, 3.63) is 54.5 Å². The van der Waals surface area contributed by atoms with Crippen LogP contribution in [0, 0.1) is 0 Å². The van der Waals surface area contributed by atoms with E-state index in [1.807, 2.05) is 43.7 Å². The van der Waals surface area contributed by atoms with E-state index in [2.05, 4.69) is 49.5 Å². The van der Waals surface area contributed by atoms with Gasteiger partial charge in [0.1, 0.15) is 11.4 Å². The number of aromatic amines is 2. The lowest BCUT2D eigenvalue weighted by molar-refractivity contribution is 0.415. The van der Waals surface area contributed by atoms with E-state index in [4.69, 9.17) is 15.5 Å². The Labute approximate surface area is 191 Å². The van der Waals surface area contributed by atoms with Crippen LogP contribution < -0.4 is 15.8 Å². The van der Waals surface area contributed by atoms with Gasteiger partial charge >= 0.3 is 0 Å². The van der Waals surface area contributed by atoms with Crippen LogP contribution in [0.1, 0.15) is 19.4 Å². The predicted octanol–water partition coefficient (Wildman–Crippen LogP) is 3.65. The molecule has 0 spiro atoms. The summed E-state index contributed by atoms with van der Waals surface area (Å²) in [6, 6.07) is 9.95. The molecule has 0 aliphatic carbocycles. The standard InChI is InChI=1S/C22H21N7O.C2H7N/c1-3-23-9-13-6-14(11-24-10-13)15-7-17-20(28-29-21(17)25-12-15)22-26-18-5-4-16(30-2)8-19(18)27-22;1-2-3/h4-8,10-12,23H,3,9H2,1-2H3,(H,26,27)(H,25,28,29);2-3H2,1H3. The molecule has 0 aliphatic rings. The van der Waals surface area contributed by atoms with Crippen LogP contribution in [0.25, 0.3) is 44.7 Å². The SMILES string of the molecule is CCN.CCNCc1cncc(-c2cnc3n[nH]c(-c4nc5ccc(OC)cc5[nH]4)c3c2)c1. The number of pyridine rings is 2. The molecule has 9 nitrogen and oxygen atoms in total. The quantitative estimate of drug-likeness (QED) is 0.314. The Morgan fingerprint density at radius 1 is 1.06 bits per heavy atom. The summed E-state index contributed by atoms with van der Waals surface area (Å²) in [5.41, 5.74) is 11.2. The van der Waals surface area contributed by atoms with Gasteiger partial charge in [-0.2, -0.15) is 5.10 Å². The van der Waals surface area contributed by atoms with Crippen molar-refractivity contribution in [2.45, 2.75) is 20.4 Å². The lowest BCUT2D eigenvalue weighted by Gasteiger charge is -2.05. The Morgan fingerprint density at radius 2 is 1.88 bits per heavy atom. The first-order valence-corrected chi connectivity index (χ1v) is 10.9. The number of nitrogens with two attached hydrogens (primary N) is 1. The Kier molecular flexibility index (Phi) is 6.92. The maximum Gasteiger partial charge on any atom is 0.181 e. The summed E-state index contributed by atoms with van der Waals surface area (Å²) >= 11 is 0. The maximum atomic E-state index is 5.30. The van der Waals surface area contributed by atoms with Crippen molar-refractivity contribution >= 4 is 22.1 Å². The number of hydrogen-bond donors (Lipinski definition) is 4. The minimum absolute atomic E-state index is 0.642. The lowest BCUT2D eigenvalue weighted by Crippen LogP contribution is -2.11. The number of ether oxygens (including phenoxy) is 1. The van der Waals surface area contributed by atoms with Gasteiger partial charge in [-0.05, 0) is 42.9 Å². The second kappa shape index (κ2) is 10.2. The van der Waals surface area contributed by atoms with Crippen molar-refractivity contribution in [3.8, 4) is 28.4 Å². The van der Waals surface area contributed by atoms with Crippen molar-refractivity contribution in [3.63, 3.8) is 0 Å². The highest BCUT2D eigenvalue weighted by Crippen LogP contribution is 2.30. The monoisotopic (exact) mass is 444 g/mol. The first-order valence-electron chi connectivity index (χ1n) is 10.9. The van der Waals surface area contributed by atoms with E-state index in [9.17, 15) is 0 Å². The molecular weight excluding hydrogens is 416 g/mol. The molecule has 0 fully saturated rings. The largest absolute Gasteiger partial charge is 0.497 e. The zero-order valence-electron chi connectivity index (χ0n) is 19.0. The number of hydrogen-bond acceptors (Lipinski definition) is 7. The second-order valence-electron chi connectivity index (χ2n) is 7.43. The predicted molar refractivity (Wildman–Crippen MR) is 131 cm³/mol. The average Bonchev–Trinajstić information content (AvgIpc) is 3.46. The molecule has 4 heterocycles. The van der Waals surface area contributed by atoms with Crippen LogP contribution >= 0.6 is 0 Å². The summed E-state index contributed by atoms with van der Waals surface area (Å²) in [4.78, 5) is 17.0. The van der Waals surface area contributed by atoms with E-state index in [0.717, 1.165) is 64.2 Å². The number of rotatable bonds is 6. The van der Waals surface area contributed by atoms with Gasteiger partial charge in [0.25, 0.3) is 0 Å². The fourth-order valence-electron chi connectivity index (χ4n) is 3.48. The van der Waals surface area contributed by atoms with Crippen molar-refractivity contribution in [2.75, 3.05) is 20.2 Å². The number of nitrogens with zero attached hydrogens (tertiary/aromatic N) is 4. The number of imidazole rings is 1. The average molecular weight is 445 g/mol. The summed E-state index contributed by atoms with van der Waals surface area (Å²) in [6.07, 6.45) is 5.56. The molecule has 0 amide bonds. The summed E-state index contributed by atoms with van der Waals surface area (Å²) < 4.78 is 5.30. The van der Waals surface area contributed by atoms with Crippen molar-refractivity contribution in [1.82, 2.24) is 35.5 Å². The number of benzene rings is 1. The lowest BCUT2D eigenvalue weighted by atomic mass is 10.1. The van der Waals surface area contributed by atoms with Crippen LogP contribution in [-0.2, 0) is 6.54 Å². The van der Waals surface area contributed by atoms with Gasteiger partial charge in [0, 0.05) is 42.3 Å². The van der Waals surface area contributed by atoms with Crippen LogP contribution in [0.4, 0.5) is 0 Å². The Balaban J connectivity index is 0.000000821. The third-order valence-corrected chi connectivity index (χ3v) is 5.04. The summed E-state index contributed by atoms with van der Waals surface area (Å²) in [7, 11) is 1.65. The zero-order valence-corrected chi connectivity index (χ0v) is 19.0. The summed E-state index contributed by atoms with van der Waals surface area (Å²) in [5, 5.41) is 11.6. The van der Waals surface area contributed by atoms with Crippen LogP contribution in [0.5, 0.6) is 5.75 Å². The highest BCUT2D eigenvalue weighted by atomic mass is 16.5. The van der Waals surface area contributed by atoms with Crippen molar-refractivity contribution < 1.29 is 4.74 Å². The third kappa shape index (κ3) is 4.84. The molecule has 0 saturated carbocycles. The number of H-pyrrole nitrogens is 2. The number of nitrogens with one attached hydrogen (secondary N) is 3. The Bertz CT molecular complexity index is 1360.